The van der Waals surface area contributed by atoms with Gasteiger partial charge in [-0.2, -0.15) is 0 Å². The normalized spacial score (nSPS) is 16.7. The predicted octanol–water partition coefficient (Wildman–Crippen LogP) is 3.05. The molecule has 0 atom stereocenters. The van der Waals surface area contributed by atoms with Crippen molar-refractivity contribution >= 4 is 23.9 Å². The summed E-state index contributed by atoms with van der Waals surface area (Å²) in [6, 6.07) is 6.53. The van der Waals surface area contributed by atoms with E-state index in [9.17, 15) is 10.1 Å². The van der Waals surface area contributed by atoms with Gasteiger partial charge in [-0.3, -0.25) is 15.1 Å². The maximum Gasteiger partial charge on any atom is 0.269 e. The fraction of sp³-hybridized carbons (Fsp3) is 0.462. The maximum absolute atomic E-state index is 10.5. The Morgan fingerprint density at radius 1 is 1.21 bits per heavy atom. The molecular formula is C13H18ClN3O2. The van der Waals surface area contributed by atoms with Gasteiger partial charge in [0.05, 0.1) is 11.0 Å². The van der Waals surface area contributed by atoms with Crippen molar-refractivity contribution in [2.75, 3.05) is 0 Å². The van der Waals surface area contributed by atoms with Crippen LogP contribution < -0.4 is 5.73 Å². The van der Waals surface area contributed by atoms with Gasteiger partial charge in [-0.1, -0.05) is 19.3 Å². The quantitative estimate of drug-likeness (QED) is 0.400. The lowest BCUT2D eigenvalue weighted by Gasteiger charge is -2.18. The van der Waals surface area contributed by atoms with Crippen LogP contribution in [-0.4, -0.2) is 16.8 Å². The first kappa shape index (κ1) is 15.4. The molecule has 0 saturated heterocycles. The second-order valence-electron chi connectivity index (χ2n) is 4.61. The summed E-state index contributed by atoms with van der Waals surface area (Å²) in [5, 5.41) is 10.5. The molecule has 2 rings (SSSR count). The molecule has 6 heteroatoms. The van der Waals surface area contributed by atoms with Crippen LogP contribution in [0.4, 0.5) is 5.69 Å². The minimum atomic E-state index is -0.418. The number of nitro groups is 1. The monoisotopic (exact) mass is 283 g/mol. The van der Waals surface area contributed by atoms with Crippen molar-refractivity contribution < 1.29 is 4.92 Å². The molecule has 1 fully saturated rings. The lowest BCUT2D eigenvalue weighted by Crippen LogP contribution is -2.19. The highest BCUT2D eigenvalue weighted by Crippen LogP contribution is 2.21. The van der Waals surface area contributed by atoms with Crippen LogP contribution in [0, 0.1) is 10.1 Å². The van der Waals surface area contributed by atoms with Gasteiger partial charge in [-0.25, -0.2) is 0 Å². The Balaban J connectivity index is 0.00000180. The molecule has 0 heterocycles. The summed E-state index contributed by atoms with van der Waals surface area (Å²) in [6.45, 7) is 0. The third-order valence-electron chi connectivity index (χ3n) is 3.27. The lowest BCUT2D eigenvalue weighted by molar-refractivity contribution is -0.384. The average molecular weight is 284 g/mol. The number of non-ortho nitro benzene ring substituents is 1. The fourth-order valence-corrected chi connectivity index (χ4v) is 2.24. The molecule has 2 N–H and O–H groups in total. The van der Waals surface area contributed by atoms with Crippen molar-refractivity contribution in [3.05, 3.63) is 39.9 Å². The predicted molar refractivity (Wildman–Crippen MR) is 77.9 cm³/mol. The number of nitro benzene ring substituents is 1. The molecular weight excluding hydrogens is 266 g/mol. The van der Waals surface area contributed by atoms with Gasteiger partial charge in [0, 0.05) is 17.7 Å². The van der Waals surface area contributed by atoms with Gasteiger partial charge < -0.3 is 5.73 Å². The minimum Gasteiger partial charge on any atom is -0.383 e. The molecule has 0 radical (unpaired) electrons. The van der Waals surface area contributed by atoms with Crippen molar-refractivity contribution in [3.63, 3.8) is 0 Å². The van der Waals surface area contributed by atoms with Crippen LogP contribution >= 0.6 is 12.4 Å². The number of amidine groups is 1. The molecule has 0 aromatic heterocycles. The van der Waals surface area contributed by atoms with Crippen LogP contribution in [0.25, 0.3) is 0 Å². The van der Waals surface area contributed by atoms with E-state index in [-0.39, 0.29) is 18.1 Å². The number of hydrogen-bond acceptors (Lipinski definition) is 3. The highest BCUT2D eigenvalue weighted by molar-refractivity contribution is 5.97. The van der Waals surface area contributed by atoms with Crippen molar-refractivity contribution in [3.8, 4) is 0 Å². The van der Waals surface area contributed by atoms with Gasteiger partial charge in [-0.05, 0) is 25.0 Å². The molecule has 1 aromatic rings. The van der Waals surface area contributed by atoms with Gasteiger partial charge in [0.2, 0.25) is 0 Å². The zero-order chi connectivity index (χ0) is 13.0. The summed E-state index contributed by atoms with van der Waals surface area (Å²) < 4.78 is 0. The Labute approximate surface area is 118 Å². The zero-order valence-corrected chi connectivity index (χ0v) is 11.4. The third kappa shape index (κ3) is 4.21. The molecule has 0 aliphatic heterocycles. The number of hydrogen-bond donors (Lipinski definition) is 1. The van der Waals surface area contributed by atoms with Crippen LogP contribution in [0.3, 0.4) is 0 Å². The van der Waals surface area contributed by atoms with Crippen molar-refractivity contribution in [2.45, 2.75) is 38.1 Å². The van der Waals surface area contributed by atoms with E-state index in [1.54, 1.807) is 12.1 Å². The van der Waals surface area contributed by atoms with Crippen molar-refractivity contribution in [1.82, 2.24) is 0 Å². The van der Waals surface area contributed by atoms with Crippen LogP contribution in [-0.2, 0) is 0 Å². The van der Waals surface area contributed by atoms with Crippen molar-refractivity contribution in [2.24, 2.45) is 10.7 Å². The zero-order valence-electron chi connectivity index (χ0n) is 10.6. The van der Waals surface area contributed by atoms with E-state index in [1.165, 1.54) is 31.4 Å². The molecule has 1 saturated carbocycles. The largest absolute Gasteiger partial charge is 0.383 e. The van der Waals surface area contributed by atoms with Crippen LogP contribution in [0.1, 0.15) is 37.7 Å². The number of benzene rings is 1. The average Bonchev–Trinajstić information content (AvgIpc) is 2.40. The minimum absolute atomic E-state index is 0. The third-order valence-corrected chi connectivity index (χ3v) is 3.27. The van der Waals surface area contributed by atoms with E-state index in [1.807, 2.05) is 0 Å². The molecule has 1 aliphatic carbocycles. The van der Waals surface area contributed by atoms with Gasteiger partial charge in [-0.15, -0.1) is 12.4 Å². The molecule has 5 nitrogen and oxygen atoms in total. The summed E-state index contributed by atoms with van der Waals surface area (Å²) in [6.07, 6.45) is 5.88. The van der Waals surface area contributed by atoms with E-state index >= 15 is 0 Å². The Kier molecular flexibility index (Phi) is 5.76. The van der Waals surface area contributed by atoms with E-state index in [0.717, 1.165) is 18.4 Å². The number of nitrogens with zero attached hydrogens (tertiary/aromatic N) is 2. The first-order valence-electron chi connectivity index (χ1n) is 6.25. The SMILES string of the molecule is Cl.NC(=NC1CCCCC1)c1ccc([N+](=O)[O-])cc1. The van der Waals surface area contributed by atoms with E-state index < -0.39 is 4.92 Å². The molecule has 0 amide bonds. The van der Waals surface area contributed by atoms with Gasteiger partial charge in [0.15, 0.2) is 0 Å². The molecule has 104 valence electrons. The highest BCUT2D eigenvalue weighted by atomic mass is 35.5. The smallest absolute Gasteiger partial charge is 0.269 e. The second kappa shape index (κ2) is 7.09. The van der Waals surface area contributed by atoms with E-state index in [4.69, 9.17) is 5.73 Å². The molecule has 0 spiro atoms. The molecule has 19 heavy (non-hydrogen) atoms. The molecule has 1 aliphatic rings. The number of halogens is 1. The van der Waals surface area contributed by atoms with Crippen LogP contribution in [0.2, 0.25) is 0 Å². The molecule has 0 bridgehead atoms. The summed E-state index contributed by atoms with van der Waals surface area (Å²) in [5.74, 6) is 0.483. The fourth-order valence-electron chi connectivity index (χ4n) is 2.24. The lowest BCUT2D eigenvalue weighted by atomic mass is 9.96. The standard InChI is InChI=1S/C13H17N3O2.ClH/c14-13(15-11-4-2-1-3-5-11)10-6-8-12(9-7-10)16(17)18;/h6-9,11H,1-5H2,(H2,14,15);1H. The Bertz CT molecular complexity index is 453. The summed E-state index contributed by atoms with van der Waals surface area (Å²) >= 11 is 0. The van der Waals surface area contributed by atoms with Crippen LogP contribution in [0.5, 0.6) is 0 Å². The summed E-state index contributed by atoms with van der Waals surface area (Å²) in [7, 11) is 0. The van der Waals surface area contributed by atoms with Crippen molar-refractivity contribution in [1.29, 1.82) is 0 Å². The molecule has 1 aromatic carbocycles. The first-order chi connectivity index (χ1) is 8.66. The van der Waals surface area contributed by atoms with Gasteiger partial charge in [0.1, 0.15) is 5.84 Å². The van der Waals surface area contributed by atoms with Crippen LogP contribution in [0.15, 0.2) is 29.3 Å². The Morgan fingerprint density at radius 3 is 2.32 bits per heavy atom. The van der Waals surface area contributed by atoms with E-state index in [2.05, 4.69) is 4.99 Å². The van der Waals surface area contributed by atoms with Gasteiger partial charge in [0.25, 0.3) is 5.69 Å². The Hall–Kier alpha value is -1.62. The molecule has 0 unspecified atom stereocenters. The first-order valence-corrected chi connectivity index (χ1v) is 6.25. The summed E-state index contributed by atoms with van der Waals surface area (Å²) in [4.78, 5) is 14.6. The van der Waals surface area contributed by atoms with E-state index in [0.29, 0.717) is 11.9 Å². The number of aliphatic imine (C=N–C) groups is 1. The highest BCUT2D eigenvalue weighted by Gasteiger charge is 2.13. The Morgan fingerprint density at radius 2 is 1.79 bits per heavy atom. The maximum atomic E-state index is 10.5. The second-order valence-corrected chi connectivity index (χ2v) is 4.61. The topological polar surface area (TPSA) is 81.5 Å². The number of rotatable bonds is 3. The number of nitrogens with two attached hydrogens (primary N) is 1. The van der Waals surface area contributed by atoms with Gasteiger partial charge >= 0.3 is 0 Å². The summed E-state index contributed by atoms with van der Waals surface area (Å²) in [5.41, 5.74) is 6.76.